The molecule has 7 heteroatoms. The van der Waals surface area contributed by atoms with Gasteiger partial charge in [-0.05, 0) is 55.0 Å². The normalized spacial score (nSPS) is 12.5. The summed E-state index contributed by atoms with van der Waals surface area (Å²) in [5.41, 5.74) is 4.36. The van der Waals surface area contributed by atoms with E-state index in [2.05, 4.69) is 19.9 Å². The van der Waals surface area contributed by atoms with Gasteiger partial charge < -0.3 is 19.6 Å². The van der Waals surface area contributed by atoms with Crippen LogP contribution in [0.4, 0.5) is 15.9 Å². The fourth-order valence-electron chi connectivity index (χ4n) is 3.78. The topological polar surface area (TPSA) is 67.9 Å². The van der Waals surface area contributed by atoms with E-state index in [0.717, 1.165) is 33.2 Å². The molecule has 0 aliphatic rings. The van der Waals surface area contributed by atoms with Crippen molar-refractivity contribution in [1.82, 2.24) is 19.1 Å². The second-order valence-electron chi connectivity index (χ2n) is 7.28. The van der Waals surface area contributed by atoms with E-state index in [1.54, 1.807) is 29.8 Å². The largest absolute Gasteiger partial charge is 0.374 e. The summed E-state index contributed by atoms with van der Waals surface area (Å²) in [6.45, 7) is 2.30. The lowest BCUT2D eigenvalue weighted by Gasteiger charge is -2.13. The van der Waals surface area contributed by atoms with Gasteiger partial charge in [-0.3, -0.25) is 0 Å². The van der Waals surface area contributed by atoms with Crippen LogP contribution in [0.15, 0.2) is 73.3 Å². The van der Waals surface area contributed by atoms with E-state index in [1.165, 1.54) is 12.4 Å². The maximum Gasteiger partial charge on any atom is 0.158 e. The summed E-state index contributed by atoms with van der Waals surface area (Å²) in [5.74, 6) is 0.401. The summed E-state index contributed by atoms with van der Waals surface area (Å²) in [6, 6.07) is 16.6. The Morgan fingerprint density at radius 2 is 1.97 bits per heavy atom. The molecule has 5 rings (SSSR count). The molecule has 0 aliphatic carbocycles. The van der Waals surface area contributed by atoms with Gasteiger partial charge in [0, 0.05) is 35.5 Å². The van der Waals surface area contributed by atoms with E-state index in [-0.39, 0.29) is 5.82 Å². The molecule has 0 saturated heterocycles. The van der Waals surface area contributed by atoms with Gasteiger partial charge in [0.15, 0.2) is 5.82 Å². The number of halogens is 1. The third kappa shape index (κ3) is 3.29. The summed E-state index contributed by atoms with van der Waals surface area (Å²) >= 11 is 0. The summed E-state index contributed by atoms with van der Waals surface area (Å²) in [7, 11) is 0. The molecule has 5 aromatic rings. The highest BCUT2D eigenvalue weighted by atomic mass is 19.1. The Hall–Kier alpha value is -3.71. The third-order valence-corrected chi connectivity index (χ3v) is 5.18. The zero-order valence-corrected chi connectivity index (χ0v) is 16.3. The van der Waals surface area contributed by atoms with Crippen LogP contribution in [0, 0.1) is 5.82 Å². The molecule has 1 atom stereocenters. The molecule has 30 heavy (non-hydrogen) atoms. The highest BCUT2D eigenvalue weighted by Gasteiger charge is 2.13. The number of benzene rings is 2. The number of rotatable bonds is 5. The van der Waals surface area contributed by atoms with Gasteiger partial charge in [0.05, 0.1) is 5.52 Å². The van der Waals surface area contributed by atoms with Crippen molar-refractivity contribution < 1.29 is 9.50 Å². The molecule has 0 aliphatic heterocycles. The third-order valence-electron chi connectivity index (χ3n) is 5.18. The van der Waals surface area contributed by atoms with Gasteiger partial charge in [0.1, 0.15) is 23.9 Å². The second kappa shape index (κ2) is 7.27. The van der Waals surface area contributed by atoms with Gasteiger partial charge in [-0.1, -0.05) is 12.1 Å². The van der Waals surface area contributed by atoms with Gasteiger partial charge in [-0.2, -0.15) is 0 Å². The highest BCUT2D eigenvalue weighted by Crippen LogP contribution is 2.28. The molecule has 3 heterocycles. The standard InChI is InChI=1S/C23H20FN5O/c1-15(30)29-10-8-20-22(29)23(26-14-25-20)27-19-5-6-21-17(12-19)7-9-28(21)13-16-3-2-4-18(24)11-16/h2-12,14-15,30H,13H2,1H3,(H,25,26,27). The lowest BCUT2D eigenvalue weighted by molar-refractivity contribution is 0.129. The summed E-state index contributed by atoms with van der Waals surface area (Å²) in [6.07, 6.45) is 4.62. The zero-order chi connectivity index (χ0) is 20.7. The molecule has 3 aromatic heterocycles. The lowest BCUT2D eigenvalue weighted by atomic mass is 10.2. The molecule has 2 aromatic carbocycles. The monoisotopic (exact) mass is 401 g/mol. The Labute approximate surface area is 172 Å². The number of aliphatic hydroxyl groups is 1. The van der Waals surface area contributed by atoms with Crippen molar-refractivity contribution >= 4 is 33.4 Å². The second-order valence-corrected chi connectivity index (χ2v) is 7.28. The average molecular weight is 401 g/mol. The summed E-state index contributed by atoms with van der Waals surface area (Å²) in [4.78, 5) is 8.64. The number of hydrogen-bond acceptors (Lipinski definition) is 4. The molecule has 0 bridgehead atoms. The number of anilines is 2. The van der Waals surface area contributed by atoms with Crippen LogP contribution in [0.2, 0.25) is 0 Å². The van der Waals surface area contributed by atoms with Crippen molar-refractivity contribution in [2.24, 2.45) is 0 Å². The minimum Gasteiger partial charge on any atom is -0.374 e. The SMILES string of the molecule is CC(O)n1ccc2ncnc(Nc3ccc4c(ccn4Cc4cccc(F)c4)c3)c21. The Morgan fingerprint density at radius 3 is 2.80 bits per heavy atom. The first-order valence-electron chi connectivity index (χ1n) is 9.68. The number of fused-ring (bicyclic) bond motifs is 2. The molecule has 2 N–H and O–H groups in total. The van der Waals surface area contributed by atoms with Crippen molar-refractivity contribution in [2.75, 3.05) is 5.32 Å². The van der Waals surface area contributed by atoms with Crippen LogP contribution in [-0.4, -0.2) is 24.2 Å². The van der Waals surface area contributed by atoms with Crippen LogP contribution in [0.3, 0.4) is 0 Å². The van der Waals surface area contributed by atoms with Crippen LogP contribution >= 0.6 is 0 Å². The highest BCUT2D eigenvalue weighted by molar-refractivity contribution is 5.90. The first kappa shape index (κ1) is 18.3. The molecular formula is C23H20FN5O. The molecule has 0 spiro atoms. The maximum absolute atomic E-state index is 13.5. The van der Waals surface area contributed by atoms with Crippen LogP contribution in [0.1, 0.15) is 18.7 Å². The molecule has 150 valence electrons. The number of hydrogen-bond donors (Lipinski definition) is 2. The number of aromatic nitrogens is 4. The molecule has 1 unspecified atom stereocenters. The molecule has 0 amide bonds. The van der Waals surface area contributed by atoms with Gasteiger partial charge in [-0.25, -0.2) is 14.4 Å². The Bertz CT molecular complexity index is 1350. The van der Waals surface area contributed by atoms with Crippen molar-refractivity contribution in [3.63, 3.8) is 0 Å². The molecule has 0 radical (unpaired) electrons. The van der Waals surface area contributed by atoms with E-state index in [0.29, 0.717) is 12.4 Å². The van der Waals surface area contributed by atoms with Gasteiger partial charge in [-0.15, -0.1) is 0 Å². The van der Waals surface area contributed by atoms with E-state index < -0.39 is 6.23 Å². The lowest BCUT2D eigenvalue weighted by Crippen LogP contribution is -2.05. The number of nitrogens with one attached hydrogen (secondary N) is 1. The fraction of sp³-hybridized carbons (Fsp3) is 0.130. The summed E-state index contributed by atoms with van der Waals surface area (Å²) in [5, 5.41) is 14.4. The van der Waals surface area contributed by atoms with E-state index >= 15 is 0 Å². The van der Waals surface area contributed by atoms with Crippen LogP contribution in [0.5, 0.6) is 0 Å². The minimum atomic E-state index is -0.687. The van der Waals surface area contributed by atoms with Crippen LogP contribution in [-0.2, 0) is 6.54 Å². The van der Waals surface area contributed by atoms with Gasteiger partial charge >= 0.3 is 0 Å². The van der Waals surface area contributed by atoms with E-state index in [1.807, 2.05) is 42.6 Å². The Balaban J connectivity index is 1.47. The minimum absolute atomic E-state index is 0.228. The van der Waals surface area contributed by atoms with Crippen molar-refractivity contribution in [2.45, 2.75) is 19.7 Å². The van der Waals surface area contributed by atoms with Crippen molar-refractivity contribution in [3.05, 3.63) is 84.7 Å². The number of nitrogens with zero attached hydrogens (tertiary/aromatic N) is 4. The molecule has 0 fully saturated rings. The Morgan fingerprint density at radius 1 is 1.07 bits per heavy atom. The molecule has 6 nitrogen and oxygen atoms in total. The average Bonchev–Trinajstić information content (AvgIpc) is 3.33. The van der Waals surface area contributed by atoms with Crippen LogP contribution in [0.25, 0.3) is 21.9 Å². The first-order valence-corrected chi connectivity index (χ1v) is 9.68. The molecular weight excluding hydrogens is 381 g/mol. The first-order chi connectivity index (χ1) is 14.6. The predicted molar refractivity (Wildman–Crippen MR) is 115 cm³/mol. The number of aliphatic hydroxyl groups excluding tert-OH is 1. The van der Waals surface area contributed by atoms with Crippen molar-refractivity contribution in [1.29, 1.82) is 0 Å². The Kier molecular flexibility index (Phi) is 4.44. The van der Waals surface area contributed by atoms with Gasteiger partial charge in [0.25, 0.3) is 0 Å². The quantitative estimate of drug-likeness (QED) is 0.443. The zero-order valence-electron chi connectivity index (χ0n) is 16.3. The fourth-order valence-corrected chi connectivity index (χ4v) is 3.78. The maximum atomic E-state index is 13.5. The van der Waals surface area contributed by atoms with Crippen molar-refractivity contribution in [3.8, 4) is 0 Å². The molecule has 0 saturated carbocycles. The van der Waals surface area contributed by atoms with Crippen LogP contribution < -0.4 is 5.32 Å². The predicted octanol–water partition coefficient (Wildman–Crippen LogP) is 4.83. The van der Waals surface area contributed by atoms with E-state index in [9.17, 15) is 9.50 Å². The summed E-state index contributed by atoms with van der Waals surface area (Å²) < 4.78 is 17.3. The smallest absolute Gasteiger partial charge is 0.158 e. The van der Waals surface area contributed by atoms with Gasteiger partial charge in [0.2, 0.25) is 0 Å². The van der Waals surface area contributed by atoms with E-state index in [4.69, 9.17) is 0 Å².